The smallest absolute Gasteiger partial charge is 0.387 e. The van der Waals surface area contributed by atoms with E-state index in [1.807, 2.05) is 0 Å². The Morgan fingerprint density at radius 2 is 1.96 bits per heavy atom. The van der Waals surface area contributed by atoms with Crippen molar-refractivity contribution in [3.63, 3.8) is 0 Å². The topological polar surface area (TPSA) is 75.2 Å². The molecule has 3 atom stereocenters. The van der Waals surface area contributed by atoms with Crippen LogP contribution in [0.15, 0.2) is 18.3 Å². The highest BCUT2D eigenvalue weighted by Gasteiger charge is 2.64. The fraction of sp³-hybridized carbons (Fsp3) is 0.600. The standard InChI is InChI=1S/C20H24F2N4O2/c1-10(2)26-15(17-12-5-20(6-13(12)17)8-27-9-20)4-14(25-26)11-3-16(28-19(21)22)18(23)24-7-11/h3-4,7,10,12-13,17,19H,5-6,8-9H2,1-2H3,(H2,23,24)/t12-,13+,17+. The number of ether oxygens (including phenoxy) is 2. The van der Waals surface area contributed by atoms with Crippen LogP contribution < -0.4 is 10.5 Å². The van der Waals surface area contributed by atoms with Gasteiger partial charge < -0.3 is 15.2 Å². The summed E-state index contributed by atoms with van der Waals surface area (Å²) in [6.07, 6.45) is 4.02. The van der Waals surface area contributed by atoms with Gasteiger partial charge in [-0.2, -0.15) is 13.9 Å². The van der Waals surface area contributed by atoms with Gasteiger partial charge in [-0.15, -0.1) is 0 Å². The molecule has 0 aromatic carbocycles. The van der Waals surface area contributed by atoms with E-state index < -0.39 is 6.61 Å². The van der Waals surface area contributed by atoms with Gasteiger partial charge in [0.1, 0.15) is 0 Å². The summed E-state index contributed by atoms with van der Waals surface area (Å²) in [5.74, 6) is 1.75. The number of halogens is 2. The van der Waals surface area contributed by atoms with Crippen LogP contribution in [-0.2, 0) is 4.74 Å². The number of fused-ring (bicyclic) bond motifs is 1. The molecular formula is C20H24F2N4O2. The first-order valence-electron chi connectivity index (χ1n) is 9.75. The van der Waals surface area contributed by atoms with Crippen LogP contribution in [0.5, 0.6) is 5.75 Å². The van der Waals surface area contributed by atoms with Crippen LogP contribution >= 0.6 is 0 Å². The van der Waals surface area contributed by atoms with E-state index in [1.165, 1.54) is 24.6 Å². The van der Waals surface area contributed by atoms with Gasteiger partial charge in [0.15, 0.2) is 11.6 Å². The molecule has 1 aliphatic heterocycles. The number of hydrogen-bond donors (Lipinski definition) is 1. The lowest BCUT2D eigenvalue weighted by Gasteiger charge is -2.40. The van der Waals surface area contributed by atoms with Gasteiger partial charge in [-0.25, -0.2) is 4.98 Å². The van der Waals surface area contributed by atoms with Gasteiger partial charge in [0.2, 0.25) is 0 Å². The first-order chi connectivity index (χ1) is 13.4. The van der Waals surface area contributed by atoms with Crippen molar-refractivity contribution in [2.75, 3.05) is 18.9 Å². The zero-order valence-electron chi connectivity index (χ0n) is 15.9. The maximum atomic E-state index is 12.6. The maximum absolute atomic E-state index is 12.6. The second-order valence-electron chi connectivity index (χ2n) is 8.73. The van der Waals surface area contributed by atoms with Crippen molar-refractivity contribution in [1.82, 2.24) is 14.8 Å². The summed E-state index contributed by atoms with van der Waals surface area (Å²) < 4.78 is 37.2. The minimum absolute atomic E-state index is 0.0580. The van der Waals surface area contributed by atoms with Crippen molar-refractivity contribution in [2.24, 2.45) is 17.3 Å². The summed E-state index contributed by atoms with van der Waals surface area (Å²) in [4.78, 5) is 4.00. The highest BCUT2D eigenvalue weighted by molar-refractivity contribution is 5.64. The number of anilines is 1. The number of alkyl halides is 2. The SMILES string of the molecule is CC(C)n1nc(-c2cnc(N)c(OC(F)F)c2)cc1[C@H]1[C@@H]2CC3(COC3)C[C@@H]21. The summed E-state index contributed by atoms with van der Waals surface area (Å²) in [6, 6.07) is 3.77. The molecule has 150 valence electrons. The molecule has 2 N–H and O–H groups in total. The zero-order valence-corrected chi connectivity index (χ0v) is 15.9. The molecule has 2 saturated carbocycles. The van der Waals surface area contributed by atoms with Crippen LogP contribution in [0.4, 0.5) is 14.6 Å². The van der Waals surface area contributed by atoms with Crippen molar-refractivity contribution in [2.45, 2.75) is 45.3 Å². The Morgan fingerprint density at radius 1 is 1.25 bits per heavy atom. The van der Waals surface area contributed by atoms with Crippen molar-refractivity contribution in [3.8, 4) is 17.0 Å². The van der Waals surface area contributed by atoms with Gasteiger partial charge in [-0.05, 0) is 50.7 Å². The van der Waals surface area contributed by atoms with Crippen LogP contribution in [0.1, 0.15) is 44.3 Å². The molecule has 28 heavy (non-hydrogen) atoms. The van der Waals surface area contributed by atoms with Crippen LogP contribution in [0.3, 0.4) is 0 Å². The van der Waals surface area contributed by atoms with Gasteiger partial charge in [0.25, 0.3) is 0 Å². The molecule has 1 spiro atoms. The minimum atomic E-state index is -2.95. The quantitative estimate of drug-likeness (QED) is 0.839. The lowest BCUT2D eigenvalue weighted by atomic mass is 9.79. The van der Waals surface area contributed by atoms with Crippen LogP contribution in [0.25, 0.3) is 11.3 Å². The van der Waals surface area contributed by atoms with Crippen LogP contribution in [0.2, 0.25) is 0 Å². The van der Waals surface area contributed by atoms with E-state index in [2.05, 4.69) is 34.3 Å². The van der Waals surface area contributed by atoms with Crippen molar-refractivity contribution >= 4 is 5.82 Å². The average molecular weight is 390 g/mol. The van der Waals surface area contributed by atoms with Gasteiger partial charge in [0.05, 0.1) is 18.9 Å². The maximum Gasteiger partial charge on any atom is 0.387 e. The first-order valence-corrected chi connectivity index (χ1v) is 9.75. The van der Waals surface area contributed by atoms with Crippen LogP contribution in [0, 0.1) is 17.3 Å². The molecule has 6 nitrogen and oxygen atoms in total. The zero-order chi connectivity index (χ0) is 19.6. The Balaban J connectivity index is 1.44. The highest BCUT2D eigenvalue weighted by Crippen LogP contribution is 2.70. The van der Waals surface area contributed by atoms with Gasteiger partial charge in [0, 0.05) is 34.8 Å². The summed E-state index contributed by atoms with van der Waals surface area (Å²) in [6.45, 7) is 3.08. The summed E-state index contributed by atoms with van der Waals surface area (Å²) in [5.41, 5.74) is 8.65. The van der Waals surface area contributed by atoms with Gasteiger partial charge in [-0.1, -0.05) is 0 Å². The van der Waals surface area contributed by atoms with E-state index in [0.717, 1.165) is 13.2 Å². The second kappa shape index (κ2) is 6.14. The van der Waals surface area contributed by atoms with E-state index in [0.29, 0.717) is 34.4 Å². The summed E-state index contributed by atoms with van der Waals surface area (Å²) >= 11 is 0. The monoisotopic (exact) mass is 390 g/mol. The van der Waals surface area contributed by atoms with E-state index in [9.17, 15) is 8.78 Å². The normalized spacial score (nSPS) is 27.3. The Morgan fingerprint density at radius 3 is 2.54 bits per heavy atom. The number of nitrogens with zero attached hydrogens (tertiary/aromatic N) is 3. The van der Waals surface area contributed by atoms with E-state index in [4.69, 9.17) is 15.6 Å². The highest BCUT2D eigenvalue weighted by atomic mass is 19.3. The predicted octanol–water partition coefficient (Wildman–Crippen LogP) is 3.85. The van der Waals surface area contributed by atoms with Crippen LogP contribution in [-0.4, -0.2) is 34.6 Å². The molecule has 5 rings (SSSR count). The molecule has 0 unspecified atom stereocenters. The molecule has 3 fully saturated rings. The fourth-order valence-corrected chi connectivity index (χ4v) is 5.15. The third kappa shape index (κ3) is 2.77. The molecule has 8 heteroatoms. The van der Waals surface area contributed by atoms with Gasteiger partial charge in [-0.3, -0.25) is 4.68 Å². The predicted molar refractivity (Wildman–Crippen MR) is 99.1 cm³/mol. The molecule has 3 aliphatic rings. The molecule has 0 bridgehead atoms. The molecule has 2 aromatic heterocycles. The number of hydrogen-bond acceptors (Lipinski definition) is 5. The molecular weight excluding hydrogens is 366 g/mol. The molecule has 2 aromatic rings. The molecule has 0 amide bonds. The Bertz CT molecular complexity index is 896. The van der Waals surface area contributed by atoms with E-state index in [1.54, 1.807) is 6.20 Å². The minimum Gasteiger partial charge on any atom is -0.431 e. The Labute approximate surface area is 162 Å². The fourth-order valence-electron chi connectivity index (χ4n) is 5.15. The summed E-state index contributed by atoms with van der Waals surface area (Å²) in [7, 11) is 0. The van der Waals surface area contributed by atoms with Crippen molar-refractivity contribution in [1.29, 1.82) is 0 Å². The lowest BCUT2D eigenvalue weighted by molar-refractivity contribution is -0.115. The number of pyridine rings is 1. The third-order valence-corrected chi connectivity index (χ3v) is 6.47. The Hall–Kier alpha value is -2.22. The third-order valence-electron chi connectivity index (χ3n) is 6.47. The number of aromatic nitrogens is 3. The van der Waals surface area contributed by atoms with Gasteiger partial charge >= 0.3 is 6.61 Å². The number of nitrogen functional groups attached to an aromatic ring is 1. The first kappa shape index (κ1) is 17.8. The lowest BCUT2D eigenvalue weighted by Crippen LogP contribution is -2.41. The molecule has 0 radical (unpaired) electrons. The largest absolute Gasteiger partial charge is 0.431 e. The van der Waals surface area contributed by atoms with Crippen molar-refractivity contribution in [3.05, 3.63) is 24.0 Å². The molecule has 3 heterocycles. The molecule has 2 aliphatic carbocycles. The second-order valence-corrected chi connectivity index (χ2v) is 8.73. The summed E-state index contributed by atoms with van der Waals surface area (Å²) in [5, 5.41) is 4.76. The number of rotatable bonds is 5. The molecule has 1 saturated heterocycles. The average Bonchev–Trinajstić information content (AvgIpc) is 2.99. The number of nitrogens with two attached hydrogens (primary N) is 1. The van der Waals surface area contributed by atoms with E-state index in [-0.39, 0.29) is 17.6 Å². The van der Waals surface area contributed by atoms with E-state index >= 15 is 0 Å². The van der Waals surface area contributed by atoms with Crippen molar-refractivity contribution < 1.29 is 18.3 Å². The Kier molecular flexibility index (Phi) is 3.91.